The topological polar surface area (TPSA) is 29.1 Å². The summed E-state index contributed by atoms with van der Waals surface area (Å²) < 4.78 is 0. The Hall–Kier alpha value is -1.31. The lowest BCUT2D eigenvalue weighted by atomic mass is 9.86. The predicted molar refractivity (Wildman–Crippen MR) is 52.8 cm³/mol. The summed E-state index contributed by atoms with van der Waals surface area (Å²) in [5.74, 6) is 0.0908. The van der Waals surface area contributed by atoms with Crippen LogP contribution in [-0.2, 0) is 10.2 Å². The van der Waals surface area contributed by atoms with Crippen molar-refractivity contribution < 1.29 is 4.79 Å². The maximum Gasteiger partial charge on any atom is 0.234 e. The van der Waals surface area contributed by atoms with Gasteiger partial charge in [0, 0.05) is 5.69 Å². The number of fused-ring (bicyclic) bond motifs is 1. The molecule has 1 aromatic rings. The van der Waals surface area contributed by atoms with Crippen LogP contribution in [-0.4, -0.2) is 5.91 Å². The standard InChI is InChI=1S/C11H13NO/c1-7-4-5-8-9(6-7)12-10(13)11(8,2)3/h4-6H,1-3H3,(H,12,13). The van der Waals surface area contributed by atoms with Crippen molar-refractivity contribution in [2.45, 2.75) is 26.2 Å². The maximum absolute atomic E-state index is 11.6. The lowest BCUT2D eigenvalue weighted by molar-refractivity contribution is -0.119. The second kappa shape index (κ2) is 2.34. The molecule has 1 N–H and O–H groups in total. The van der Waals surface area contributed by atoms with Gasteiger partial charge in [-0.05, 0) is 38.0 Å². The van der Waals surface area contributed by atoms with Crippen LogP contribution < -0.4 is 5.32 Å². The van der Waals surface area contributed by atoms with Gasteiger partial charge >= 0.3 is 0 Å². The van der Waals surface area contributed by atoms with Gasteiger partial charge in [0.2, 0.25) is 5.91 Å². The third kappa shape index (κ3) is 1.05. The molecule has 0 spiro atoms. The summed E-state index contributed by atoms with van der Waals surface area (Å²) in [6.07, 6.45) is 0. The molecule has 0 atom stereocenters. The highest BCUT2D eigenvalue weighted by atomic mass is 16.2. The number of carbonyl (C=O) groups is 1. The minimum Gasteiger partial charge on any atom is -0.325 e. The fourth-order valence-electron chi connectivity index (χ4n) is 1.71. The number of aryl methyl sites for hydroxylation is 1. The first-order valence-corrected chi connectivity index (χ1v) is 4.44. The van der Waals surface area contributed by atoms with Gasteiger partial charge in [0.05, 0.1) is 5.41 Å². The molecule has 2 nitrogen and oxygen atoms in total. The van der Waals surface area contributed by atoms with Gasteiger partial charge in [0.15, 0.2) is 0 Å². The molecular formula is C11H13NO. The third-order valence-electron chi connectivity index (χ3n) is 2.66. The monoisotopic (exact) mass is 175 g/mol. The van der Waals surface area contributed by atoms with Gasteiger partial charge in [-0.2, -0.15) is 0 Å². The van der Waals surface area contributed by atoms with Crippen molar-refractivity contribution in [3.8, 4) is 0 Å². The SMILES string of the molecule is Cc1ccc2c(c1)NC(=O)C2(C)C. The van der Waals surface area contributed by atoms with Crippen LogP contribution in [0.3, 0.4) is 0 Å². The van der Waals surface area contributed by atoms with E-state index >= 15 is 0 Å². The Morgan fingerprint density at radius 3 is 2.69 bits per heavy atom. The van der Waals surface area contributed by atoms with Crippen LogP contribution >= 0.6 is 0 Å². The van der Waals surface area contributed by atoms with Crippen molar-refractivity contribution in [3.63, 3.8) is 0 Å². The van der Waals surface area contributed by atoms with Crippen LogP contribution in [0.5, 0.6) is 0 Å². The lowest BCUT2D eigenvalue weighted by Gasteiger charge is -2.14. The van der Waals surface area contributed by atoms with Crippen LogP contribution in [0, 0.1) is 6.92 Å². The predicted octanol–water partition coefficient (Wildman–Crippen LogP) is 2.22. The molecule has 1 amide bonds. The van der Waals surface area contributed by atoms with E-state index in [4.69, 9.17) is 0 Å². The van der Waals surface area contributed by atoms with E-state index in [-0.39, 0.29) is 11.3 Å². The van der Waals surface area contributed by atoms with Crippen molar-refractivity contribution in [1.82, 2.24) is 0 Å². The molecule has 0 radical (unpaired) electrons. The summed E-state index contributed by atoms with van der Waals surface area (Å²) in [5.41, 5.74) is 2.87. The van der Waals surface area contributed by atoms with Crippen LogP contribution in [0.15, 0.2) is 18.2 Å². The second-order valence-corrected chi connectivity index (χ2v) is 4.13. The molecule has 1 aliphatic heterocycles. The number of hydrogen-bond donors (Lipinski definition) is 1. The van der Waals surface area contributed by atoms with Gasteiger partial charge in [-0.25, -0.2) is 0 Å². The zero-order valence-electron chi connectivity index (χ0n) is 8.14. The number of benzene rings is 1. The molecule has 2 rings (SSSR count). The van der Waals surface area contributed by atoms with Gasteiger partial charge in [-0.1, -0.05) is 12.1 Å². The van der Waals surface area contributed by atoms with E-state index in [1.807, 2.05) is 39.0 Å². The van der Waals surface area contributed by atoms with Gasteiger partial charge in [-0.3, -0.25) is 4.79 Å². The number of anilines is 1. The first-order chi connectivity index (χ1) is 6.01. The van der Waals surface area contributed by atoms with E-state index < -0.39 is 0 Å². The molecule has 0 saturated carbocycles. The largest absolute Gasteiger partial charge is 0.325 e. The Bertz CT molecular complexity index is 380. The fourth-order valence-corrected chi connectivity index (χ4v) is 1.71. The van der Waals surface area contributed by atoms with Crippen molar-refractivity contribution in [2.75, 3.05) is 5.32 Å². The van der Waals surface area contributed by atoms with Crippen LogP contribution in [0.2, 0.25) is 0 Å². The molecule has 1 aliphatic rings. The van der Waals surface area contributed by atoms with E-state index in [1.54, 1.807) is 0 Å². The van der Waals surface area contributed by atoms with Crippen LogP contribution in [0.25, 0.3) is 0 Å². The summed E-state index contributed by atoms with van der Waals surface area (Å²) in [6.45, 7) is 5.92. The zero-order valence-corrected chi connectivity index (χ0v) is 8.14. The van der Waals surface area contributed by atoms with Crippen LogP contribution in [0.1, 0.15) is 25.0 Å². The summed E-state index contributed by atoms with van der Waals surface area (Å²) in [7, 11) is 0. The molecule has 0 aromatic heterocycles. The number of carbonyl (C=O) groups excluding carboxylic acids is 1. The third-order valence-corrected chi connectivity index (χ3v) is 2.66. The number of nitrogens with one attached hydrogen (secondary N) is 1. The minimum absolute atomic E-state index is 0.0908. The van der Waals surface area contributed by atoms with E-state index in [2.05, 4.69) is 5.32 Å². The zero-order chi connectivity index (χ0) is 9.64. The molecule has 0 unspecified atom stereocenters. The maximum atomic E-state index is 11.6. The molecule has 0 saturated heterocycles. The Morgan fingerprint density at radius 1 is 1.31 bits per heavy atom. The van der Waals surface area contributed by atoms with E-state index in [1.165, 1.54) is 5.56 Å². The smallest absolute Gasteiger partial charge is 0.234 e. The first kappa shape index (κ1) is 8.30. The highest BCUT2D eigenvalue weighted by molar-refractivity contribution is 6.05. The Balaban J connectivity index is 2.62. The highest BCUT2D eigenvalue weighted by Crippen LogP contribution is 2.37. The van der Waals surface area contributed by atoms with E-state index in [0.717, 1.165) is 11.3 Å². The summed E-state index contributed by atoms with van der Waals surface area (Å²) in [5, 5.41) is 2.89. The van der Waals surface area contributed by atoms with Crippen molar-refractivity contribution in [1.29, 1.82) is 0 Å². The van der Waals surface area contributed by atoms with E-state index in [9.17, 15) is 4.79 Å². The molecule has 0 aliphatic carbocycles. The molecule has 1 aromatic carbocycles. The van der Waals surface area contributed by atoms with Gasteiger partial charge in [0.1, 0.15) is 0 Å². The molecule has 13 heavy (non-hydrogen) atoms. The quantitative estimate of drug-likeness (QED) is 0.643. The van der Waals surface area contributed by atoms with Gasteiger partial charge in [-0.15, -0.1) is 0 Å². The molecular weight excluding hydrogens is 162 g/mol. The number of amides is 1. The summed E-state index contributed by atoms with van der Waals surface area (Å²) >= 11 is 0. The molecule has 2 heteroatoms. The normalized spacial score (nSPS) is 18.2. The lowest BCUT2D eigenvalue weighted by Crippen LogP contribution is -2.26. The van der Waals surface area contributed by atoms with Gasteiger partial charge < -0.3 is 5.32 Å². The highest BCUT2D eigenvalue weighted by Gasteiger charge is 2.37. The average molecular weight is 175 g/mol. The first-order valence-electron chi connectivity index (χ1n) is 4.44. The Labute approximate surface area is 78.0 Å². The van der Waals surface area contributed by atoms with E-state index in [0.29, 0.717) is 0 Å². The van der Waals surface area contributed by atoms with Crippen molar-refractivity contribution in [3.05, 3.63) is 29.3 Å². The molecule has 0 bridgehead atoms. The Morgan fingerprint density at radius 2 is 2.00 bits per heavy atom. The Kier molecular flexibility index (Phi) is 1.50. The second-order valence-electron chi connectivity index (χ2n) is 4.13. The van der Waals surface area contributed by atoms with Gasteiger partial charge in [0.25, 0.3) is 0 Å². The molecule has 68 valence electrons. The fraction of sp³-hybridized carbons (Fsp3) is 0.364. The molecule has 0 fully saturated rings. The summed E-state index contributed by atoms with van der Waals surface area (Å²) in [6, 6.07) is 6.09. The van der Waals surface area contributed by atoms with Crippen molar-refractivity contribution >= 4 is 11.6 Å². The van der Waals surface area contributed by atoms with Crippen LogP contribution in [0.4, 0.5) is 5.69 Å². The van der Waals surface area contributed by atoms with Crippen molar-refractivity contribution in [2.24, 2.45) is 0 Å². The summed E-state index contributed by atoms with van der Waals surface area (Å²) in [4.78, 5) is 11.6. The average Bonchev–Trinajstić information content (AvgIpc) is 2.23. The minimum atomic E-state index is -0.372. The number of hydrogen-bond acceptors (Lipinski definition) is 1. The molecule has 1 heterocycles. The number of rotatable bonds is 0.